The highest BCUT2D eigenvalue weighted by atomic mass is 79.9. The Morgan fingerprint density at radius 2 is 1.70 bits per heavy atom. The van der Waals surface area contributed by atoms with E-state index in [1.165, 1.54) is 11.1 Å². The Morgan fingerprint density at radius 3 is 2.40 bits per heavy atom. The number of halogens is 2. The monoisotopic (exact) mass is 398 g/mol. The fourth-order valence-corrected chi connectivity index (χ4v) is 3.59. The quantitative estimate of drug-likeness (QED) is 0.647. The molecule has 0 radical (unpaired) electrons. The van der Waals surface area contributed by atoms with Crippen LogP contribution in [0.25, 0.3) is 0 Å². The molecule has 0 bridgehead atoms. The first kappa shape index (κ1) is 15.4. The zero-order valence-electron chi connectivity index (χ0n) is 11.4. The van der Waals surface area contributed by atoms with Crippen LogP contribution in [-0.2, 0) is 6.42 Å². The Morgan fingerprint density at radius 1 is 1.00 bits per heavy atom. The third-order valence-corrected chi connectivity index (χ3v) is 4.63. The molecular formula is C16H16Br2O2. The molecular weight excluding hydrogens is 384 g/mol. The number of benzene rings is 2. The summed E-state index contributed by atoms with van der Waals surface area (Å²) in [5.74, 6) is 1.74. The molecule has 106 valence electrons. The highest BCUT2D eigenvalue weighted by molar-refractivity contribution is 9.11. The van der Waals surface area contributed by atoms with Gasteiger partial charge in [-0.05, 0) is 47.9 Å². The molecule has 2 rings (SSSR count). The molecule has 0 aliphatic carbocycles. The average molecular weight is 400 g/mol. The smallest absolute Gasteiger partial charge is 0.119 e. The number of ether oxygens (including phenoxy) is 2. The van der Waals surface area contributed by atoms with Gasteiger partial charge in [0.15, 0.2) is 0 Å². The van der Waals surface area contributed by atoms with Crippen LogP contribution in [0.4, 0.5) is 0 Å². The Balaban J connectivity index is 2.20. The molecule has 20 heavy (non-hydrogen) atoms. The lowest BCUT2D eigenvalue weighted by Gasteiger charge is -2.14. The highest BCUT2D eigenvalue weighted by Crippen LogP contribution is 2.35. The van der Waals surface area contributed by atoms with Gasteiger partial charge in [0.2, 0.25) is 0 Å². The third-order valence-electron chi connectivity index (χ3n) is 3.09. The second-order valence-corrected chi connectivity index (χ2v) is 6.37. The van der Waals surface area contributed by atoms with Gasteiger partial charge in [0.05, 0.1) is 14.2 Å². The van der Waals surface area contributed by atoms with E-state index in [4.69, 9.17) is 9.47 Å². The zero-order valence-corrected chi connectivity index (χ0v) is 14.6. The average Bonchev–Trinajstić information content (AvgIpc) is 2.47. The van der Waals surface area contributed by atoms with Crippen molar-refractivity contribution >= 4 is 31.9 Å². The van der Waals surface area contributed by atoms with Gasteiger partial charge in [-0.25, -0.2) is 0 Å². The predicted octanol–water partition coefficient (Wildman–Crippen LogP) is 5.15. The predicted molar refractivity (Wildman–Crippen MR) is 89.1 cm³/mol. The number of rotatable bonds is 5. The summed E-state index contributed by atoms with van der Waals surface area (Å²) in [6.45, 7) is 0. The lowest BCUT2D eigenvalue weighted by atomic mass is 10.0. The van der Waals surface area contributed by atoms with Crippen molar-refractivity contribution in [3.05, 3.63) is 58.1 Å². The second-order valence-electron chi connectivity index (χ2n) is 4.41. The Labute approximate surface area is 136 Å². The van der Waals surface area contributed by atoms with Crippen LogP contribution in [0.15, 0.2) is 46.9 Å². The maximum absolute atomic E-state index is 5.29. The molecule has 0 spiro atoms. The molecule has 0 N–H and O–H groups in total. The summed E-state index contributed by atoms with van der Waals surface area (Å²) < 4.78 is 11.6. The van der Waals surface area contributed by atoms with Gasteiger partial charge >= 0.3 is 0 Å². The molecule has 1 unspecified atom stereocenters. The maximum Gasteiger partial charge on any atom is 0.119 e. The Kier molecular flexibility index (Phi) is 5.49. The fraction of sp³-hybridized carbons (Fsp3) is 0.250. The molecule has 0 aliphatic heterocycles. The Hall–Kier alpha value is -1.00. The molecule has 1 atom stereocenters. The van der Waals surface area contributed by atoms with E-state index in [1.54, 1.807) is 14.2 Å². The topological polar surface area (TPSA) is 18.5 Å². The second kappa shape index (κ2) is 7.14. The third kappa shape index (κ3) is 3.76. The van der Waals surface area contributed by atoms with Gasteiger partial charge in [0.1, 0.15) is 11.5 Å². The van der Waals surface area contributed by atoms with Crippen LogP contribution in [0, 0.1) is 0 Å². The largest absolute Gasteiger partial charge is 0.497 e. The van der Waals surface area contributed by atoms with Gasteiger partial charge in [-0.2, -0.15) is 0 Å². The first-order valence-corrected chi connectivity index (χ1v) is 7.95. The maximum atomic E-state index is 5.29. The number of hydrogen-bond acceptors (Lipinski definition) is 2. The van der Waals surface area contributed by atoms with Crippen molar-refractivity contribution in [1.29, 1.82) is 0 Å². The van der Waals surface area contributed by atoms with Gasteiger partial charge in [0, 0.05) is 9.30 Å². The molecule has 0 saturated heterocycles. The molecule has 4 heteroatoms. The van der Waals surface area contributed by atoms with Gasteiger partial charge in [0.25, 0.3) is 0 Å². The van der Waals surface area contributed by atoms with E-state index in [9.17, 15) is 0 Å². The van der Waals surface area contributed by atoms with Crippen LogP contribution in [-0.4, -0.2) is 14.2 Å². The summed E-state index contributed by atoms with van der Waals surface area (Å²) in [6.07, 6.45) is 0.878. The Bertz CT molecular complexity index is 584. The molecule has 0 heterocycles. The number of hydrogen-bond donors (Lipinski definition) is 0. The van der Waals surface area contributed by atoms with Gasteiger partial charge in [-0.3, -0.25) is 0 Å². The molecule has 0 amide bonds. The SMILES string of the molecule is COc1cccc(CC(Br)c2cc(OC)ccc2Br)c1. The molecule has 2 aromatic rings. The van der Waals surface area contributed by atoms with Crippen LogP contribution in [0.5, 0.6) is 11.5 Å². The summed E-state index contributed by atoms with van der Waals surface area (Å²) in [5, 5.41) is 0. The fourth-order valence-electron chi connectivity index (χ4n) is 2.01. The summed E-state index contributed by atoms with van der Waals surface area (Å²) in [7, 11) is 3.36. The molecule has 0 aliphatic rings. The molecule has 2 nitrogen and oxygen atoms in total. The van der Waals surface area contributed by atoms with Crippen molar-refractivity contribution < 1.29 is 9.47 Å². The van der Waals surface area contributed by atoms with Crippen molar-refractivity contribution in [3.8, 4) is 11.5 Å². The van der Waals surface area contributed by atoms with Crippen molar-refractivity contribution in [2.24, 2.45) is 0 Å². The van der Waals surface area contributed by atoms with E-state index in [1.807, 2.05) is 30.3 Å². The molecule has 0 aromatic heterocycles. The summed E-state index contributed by atoms with van der Waals surface area (Å²) in [4.78, 5) is 0.207. The summed E-state index contributed by atoms with van der Waals surface area (Å²) in [6, 6.07) is 14.1. The summed E-state index contributed by atoms with van der Waals surface area (Å²) >= 11 is 7.35. The highest BCUT2D eigenvalue weighted by Gasteiger charge is 2.13. The van der Waals surface area contributed by atoms with Gasteiger partial charge < -0.3 is 9.47 Å². The number of alkyl halides is 1. The van der Waals surface area contributed by atoms with E-state index in [-0.39, 0.29) is 4.83 Å². The van der Waals surface area contributed by atoms with Crippen molar-refractivity contribution in [2.75, 3.05) is 14.2 Å². The minimum Gasteiger partial charge on any atom is -0.497 e. The van der Waals surface area contributed by atoms with E-state index in [0.717, 1.165) is 22.4 Å². The first-order valence-electron chi connectivity index (χ1n) is 6.24. The van der Waals surface area contributed by atoms with Crippen molar-refractivity contribution in [2.45, 2.75) is 11.2 Å². The molecule has 0 fully saturated rings. The van der Waals surface area contributed by atoms with Crippen LogP contribution in [0.2, 0.25) is 0 Å². The van der Waals surface area contributed by atoms with E-state index >= 15 is 0 Å². The van der Waals surface area contributed by atoms with Crippen LogP contribution >= 0.6 is 31.9 Å². The molecule has 0 saturated carbocycles. The van der Waals surface area contributed by atoms with E-state index < -0.39 is 0 Å². The minimum atomic E-state index is 0.207. The van der Waals surface area contributed by atoms with Crippen LogP contribution < -0.4 is 9.47 Å². The van der Waals surface area contributed by atoms with Gasteiger partial charge in [-0.15, -0.1) is 0 Å². The van der Waals surface area contributed by atoms with Gasteiger partial charge in [-0.1, -0.05) is 44.0 Å². The van der Waals surface area contributed by atoms with E-state index in [2.05, 4.69) is 44.0 Å². The van der Waals surface area contributed by atoms with E-state index in [0.29, 0.717) is 0 Å². The minimum absolute atomic E-state index is 0.207. The normalized spacial score (nSPS) is 12.0. The van der Waals surface area contributed by atoms with Crippen molar-refractivity contribution in [1.82, 2.24) is 0 Å². The van der Waals surface area contributed by atoms with Crippen molar-refractivity contribution in [3.63, 3.8) is 0 Å². The lowest BCUT2D eigenvalue weighted by Crippen LogP contribution is -1.98. The number of methoxy groups -OCH3 is 2. The molecule has 2 aromatic carbocycles. The summed E-state index contributed by atoms with van der Waals surface area (Å²) in [5.41, 5.74) is 2.40. The standard InChI is InChI=1S/C16H16Br2O2/c1-19-12-5-3-4-11(8-12)9-16(18)14-10-13(20-2)6-7-15(14)17/h3-8,10,16H,9H2,1-2H3. The lowest BCUT2D eigenvalue weighted by molar-refractivity contribution is 0.413. The zero-order chi connectivity index (χ0) is 14.5. The van der Waals surface area contributed by atoms with Crippen LogP contribution in [0.3, 0.4) is 0 Å². The van der Waals surface area contributed by atoms with Crippen LogP contribution in [0.1, 0.15) is 16.0 Å². The first-order chi connectivity index (χ1) is 9.63.